The number of amides is 3. The summed E-state index contributed by atoms with van der Waals surface area (Å²) in [6, 6.07) is 11.6. The molecular formula is C29H31ClN4O4S. The second-order valence-electron chi connectivity index (χ2n) is 10.5. The predicted molar refractivity (Wildman–Crippen MR) is 150 cm³/mol. The van der Waals surface area contributed by atoms with Gasteiger partial charge in [-0.25, -0.2) is 4.98 Å². The maximum atomic E-state index is 13.9. The minimum absolute atomic E-state index is 0.0404. The summed E-state index contributed by atoms with van der Waals surface area (Å²) in [5, 5.41) is 13.7. The van der Waals surface area contributed by atoms with Crippen LogP contribution < -0.4 is 5.32 Å². The van der Waals surface area contributed by atoms with Gasteiger partial charge in [0.1, 0.15) is 12.1 Å². The van der Waals surface area contributed by atoms with Crippen LogP contribution >= 0.6 is 22.9 Å². The van der Waals surface area contributed by atoms with Crippen molar-refractivity contribution in [3.05, 3.63) is 75.4 Å². The smallest absolute Gasteiger partial charge is 0.256 e. The Balaban J connectivity index is 1.28. The highest BCUT2D eigenvalue weighted by Crippen LogP contribution is 2.33. The molecule has 1 fully saturated rings. The molecule has 2 aromatic carbocycles. The number of benzene rings is 2. The van der Waals surface area contributed by atoms with Gasteiger partial charge in [-0.1, -0.05) is 61.8 Å². The summed E-state index contributed by atoms with van der Waals surface area (Å²) in [7, 11) is 0. The number of nitrogens with zero attached hydrogens (tertiary/aromatic N) is 3. The summed E-state index contributed by atoms with van der Waals surface area (Å²) < 4.78 is 0. The zero-order valence-corrected chi connectivity index (χ0v) is 23.6. The molecule has 0 radical (unpaired) electrons. The number of hydrogen-bond donors (Lipinski definition) is 2. The fourth-order valence-electron chi connectivity index (χ4n) is 5.48. The highest BCUT2D eigenvalue weighted by Gasteiger charge is 2.46. The monoisotopic (exact) mass is 566 g/mol. The summed E-state index contributed by atoms with van der Waals surface area (Å²) in [4.78, 5) is 48.8. The number of aryl methyl sites for hydroxylation is 1. The van der Waals surface area contributed by atoms with Crippen LogP contribution in [0.4, 0.5) is 0 Å². The molecule has 8 nitrogen and oxygen atoms in total. The number of β-amino-alcohol motifs (C(OH)–C–C–N with tert-alkyl or cyclic N) is 1. The Labute approximate surface area is 236 Å². The molecule has 0 bridgehead atoms. The number of likely N-dealkylation sites (tertiary alicyclic amines) is 1. The van der Waals surface area contributed by atoms with E-state index in [2.05, 4.69) is 10.3 Å². The average Bonchev–Trinajstić information content (AvgIpc) is 3.60. The maximum Gasteiger partial charge on any atom is 0.256 e. The first-order valence-corrected chi connectivity index (χ1v) is 14.3. The number of hydrogen-bond acceptors (Lipinski definition) is 6. The molecule has 39 heavy (non-hydrogen) atoms. The fourth-order valence-corrected chi connectivity index (χ4v) is 6.56. The lowest BCUT2D eigenvalue weighted by Crippen LogP contribution is -2.55. The van der Waals surface area contributed by atoms with E-state index in [1.54, 1.807) is 23.5 Å². The van der Waals surface area contributed by atoms with E-state index in [4.69, 9.17) is 11.6 Å². The van der Waals surface area contributed by atoms with Crippen LogP contribution in [-0.4, -0.2) is 62.3 Å². The Morgan fingerprint density at radius 2 is 1.95 bits per heavy atom. The van der Waals surface area contributed by atoms with E-state index >= 15 is 0 Å². The van der Waals surface area contributed by atoms with Crippen LogP contribution in [0.15, 0.2) is 48.0 Å². The fraction of sp³-hybridized carbons (Fsp3) is 0.379. The van der Waals surface area contributed by atoms with E-state index in [0.29, 0.717) is 17.1 Å². The van der Waals surface area contributed by atoms with Gasteiger partial charge in [-0.3, -0.25) is 14.4 Å². The first kappa shape index (κ1) is 27.3. The largest absolute Gasteiger partial charge is 0.391 e. The second kappa shape index (κ2) is 11.1. The number of aliphatic hydroxyl groups excluding tert-OH is 1. The van der Waals surface area contributed by atoms with Crippen molar-refractivity contribution in [2.75, 3.05) is 6.54 Å². The first-order chi connectivity index (χ1) is 18.7. The van der Waals surface area contributed by atoms with Crippen LogP contribution in [0.2, 0.25) is 5.02 Å². The normalized spacial score (nSPS) is 19.5. The molecule has 204 valence electrons. The van der Waals surface area contributed by atoms with Crippen molar-refractivity contribution in [1.82, 2.24) is 20.1 Å². The van der Waals surface area contributed by atoms with Gasteiger partial charge in [0.25, 0.3) is 5.91 Å². The third kappa shape index (κ3) is 5.31. The van der Waals surface area contributed by atoms with Crippen molar-refractivity contribution in [2.24, 2.45) is 5.92 Å². The lowest BCUT2D eigenvalue weighted by Gasteiger charge is -2.35. The molecule has 3 amide bonds. The number of thiazole rings is 1. The third-order valence-corrected chi connectivity index (χ3v) is 8.72. The Hall–Kier alpha value is -3.27. The van der Waals surface area contributed by atoms with Gasteiger partial charge in [0.2, 0.25) is 11.8 Å². The van der Waals surface area contributed by atoms with Crippen molar-refractivity contribution in [2.45, 2.75) is 58.5 Å². The molecule has 2 aliphatic rings. The molecule has 0 spiro atoms. The molecule has 3 atom stereocenters. The summed E-state index contributed by atoms with van der Waals surface area (Å²) >= 11 is 7.88. The van der Waals surface area contributed by atoms with Gasteiger partial charge >= 0.3 is 0 Å². The quantitative estimate of drug-likeness (QED) is 0.449. The number of fused-ring (bicyclic) bond motifs is 1. The van der Waals surface area contributed by atoms with Gasteiger partial charge < -0.3 is 20.2 Å². The summed E-state index contributed by atoms with van der Waals surface area (Å²) in [6.45, 7) is 6.33. The molecule has 3 heterocycles. The number of aromatic nitrogens is 1. The van der Waals surface area contributed by atoms with E-state index in [1.165, 1.54) is 9.80 Å². The van der Waals surface area contributed by atoms with Gasteiger partial charge in [-0.05, 0) is 35.6 Å². The number of aliphatic hydroxyl groups is 1. The highest BCUT2D eigenvalue weighted by molar-refractivity contribution is 7.13. The molecule has 1 saturated heterocycles. The standard InChI is InChI=1S/C29H31ClN4O4S/c1-16(2)25(34-13-20-5-4-6-22(30)24(20)28(34)37)29(38)33-14-21(35)11-23(33)27(36)31-12-18-7-9-19(10-8-18)26-17(3)32-15-39-26/h4-10,15-16,21,23,25,35H,11-14H2,1-3H3,(H,31,36)/t21-,23+,25?/m1/s1. The summed E-state index contributed by atoms with van der Waals surface area (Å²) in [5.74, 6) is -1.18. The van der Waals surface area contributed by atoms with E-state index in [9.17, 15) is 19.5 Å². The zero-order chi connectivity index (χ0) is 27.8. The molecule has 2 aliphatic heterocycles. The van der Waals surface area contributed by atoms with Crippen LogP contribution in [0.3, 0.4) is 0 Å². The van der Waals surface area contributed by atoms with Crippen LogP contribution in [-0.2, 0) is 22.7 Å². The first-order valence-electron chi connectivity index (χ1n) is 13.0. The number of carbonyl (C=O) groups is 3. The second-order valence-corrected chi connectivity index (χ2v) is 11.7. The molecule has 0 saturated carbocycles. The minimum atomic E-state index is -0.823. The van der Waals surface area contributed by atoms with Gasteiger partial charge in [0.15, 0.2) is 0 Å². The van der Waals surface area contributed by atoms with Crippen LogP contribution in [0.25, 0.3) is 10.4 Å². The molecule has 1 unspecified atom stereocenters. The van der Waals surface area contributed by atoms with Crippen molar-refractivity contribution < 1.29 is 19.5 Å². The van der Waals surface area contributed by atoms with Gasteiger partial charge in [0, 0.05) is 26.1 Å². The van der Waals surface area contributed by atoms with Crippen molar-refractivity contribution in [3.8, 4) is 10.4 Å². The Morgan fingerprint density at radius 1 is 1.21 bits per heavy atom. The van der Waals surface area contributed by atoms with E-state index in [-0.39, 0.29) is 43.1 Å². The zero-order valence-electron chi connectivity index (χ0n) is 22.1. The SMILES string of the molecule is Cc1ncsc1-c1ccc(CNC(=O)[C@@H]2C[C@@H](O)CN2C(=O)C(C(C)C)N2Cc3cccc(Cl)c3C2=O)cc1. The number of nitrogens with one attached hydrogen (secondary N) is 1. The summed E-state index contributed by atoms with van der Waals surface area (Å²) in [6.07, 6.45) is -0.674. The van der Waals surface area contributed by atoms with E-state index in [0.717, 1.165) is 27.3 Å². The Bertz CT molecular complexity index is 1410. The molecule has 2 N–H and O–H groups in total. The minimum Gasteiger partial charge on any atom is -0.391 e. The van der Waals surface area contributed by atoms with Crippen molar-refractivity contribution in [1.29, 1.82) is 0 Å². The van der Waals surface area contributed by atoms with Crippen LogP contribution in [0, 0.1) is 12.8 Å². The molecule has 10 heteroatoms. The number of rotatable bonds is 7. The van der Waals surface area contributed by atoms with Gasteiger partial charge in [0.05, 0.1) is 32.8 Å². The Morgan fingerprint density at radius 3 is 2.59 bits per heavy atom. The predicted octanol–water partition coefficient (Wildman–Crippen LogP) is 4.03. The number of halogens is 1. The van der Waals surface area contributed by atoms with Crippen LogP contribution in [0.5, 0.6) is 0 Å². The maximum absolute atomic E-state index is 13.9. The lowest BCUT2D eigenvalue weighted by atomic mass is 10.0. The number of carbonyl (C=O) groups excluding carboxylic acids is 3. The van der Waals surface area contributed by atoms with Crippen molar-refractivity contribution >= 4 is 40.7 Å². The van der Waals surface area contributed by atoms with Gasteiger partial charge in [-0.2, -0.15) is 0 Å². The third-order valence-electron chi connectivity index (χ3n) is 7.43. The average molecular weight is 567 g/mol. The highest BCUT2D eigenvalue weighted by atomic mass is 35.5. The molecule has 3 aromatic rings. The summed E-state index contributed by atoms with van der Waals surface area (Å²) in [5.41, 5.74) is 5.98. The topological polar surface area (TPSA) is 103 Å². The van der Waals surface area contributed by atoms with Crippen LogP contribution in [0.1, 0.15) is 47.4 Å². The van der Waals surface area contributed by atoms with Gasteiger partial charge in [-0.15, -0.1) is 11.3 Å². The molecule has 1 aromatic heterocycles. The lowest BCUT2D eigenvalue weighted by molar-refractivity contribution is -0.143. The molecule has 0 aliphatic carbocycles. The Kier molecular flexibility index (Phi) is 7.75. The van der Waals surface area contributed by atoms with Crippen molar-refractivity contribution in [3.63, 3.8) is 0 Å². The molecule has 5 rings (SSSR count). The molecular weight excluding hydrogens is 536 g/mol. The van der Waals surface area contributed by atoms with E-state index in [1.807, 2.05) is 56.6 Å². The van der Waals surface area contributed by atoms with E-state index < -0.39 is 18.2 Å².